The van der Waals surface area contributed by atoms with E-state index in [1.165, 1.54) is 26.2 Å². The van der Waals surface area contributed by atoms with E-state index in [0.717, 1.165) is 16.8 Å². The van der Waals surface area contributed by atoms with Crippen LogP contribution < -0.4 is 0 Å². The second-order valence-electron chi connectivity index (χ2n) is 3.40. The Morgan fingerprint density at radius 2 is 2.25 bits per heavy atom. The van der Waals surface area contributed by atoms with Gasteiger partial charge in [0.25, 0.3) is 0 Å². The molecule has 1 fully saturated rings. The molecule has 2 nitrogen and oxygen atoms in total. The monoisotopic (exact) mass is 359 g/mol. The number of carbonyl (C=O) groups is 1. The molecule has 1 aliphatic carbocycles. The quantitative estimate of drug-likeness (QED) is 0.726. The van der Waals surface area contributed by atoms with E-state index in [4.69, 9.17) is 4.02 Å². The Hall–Kier alpha value is 0.405. The summed E-state index contributed by atoms with van der Waals surface area (Å²) in [5.74, 6) is -0.351. The molecule has 0 amide bonds. The van der Waals surface area contributed by atoms with Gasteiger partial charge in [0.15, 0.2) is 0 Å². The van der Waals surface area contributed by atoms with Gasteiger partial charge >= 0.3 is 88.7 Å². The van der Waals surface area contributed by atoms with Gasteiger partial charge in [-0.2, -0.15) is 0 Å². The van der Waals surface area contributed by atoms with Crippen LogP contribution >= 0.6 is 0 Å². The third kappa shape index (κ3) is 4.44. The molecular weight excluding hydrogens is 341 g/mol. The van der Waals surface area contributed by atoms with Crippen LogP contribution in [0.5, 0.6) is 0 Å². The van der Waals surface area contributed by atoms with Crippen LogP contribution in [-0.4, -0.2) is 5.97 Å². The average molecular weight is 358 g/mol. The summed E-state index contributed by atoms with van der Waals surface area (Å²) in [6.07, 6.45) is 5.71. The zero-order valence-electron chi connectivity index (χ0n) is 8.77. The molecular formula is C9H16HgO2. The van der Waals surface area contributed by atoms with Gasteiger partial charge < -0.3 is 0 Å². The molecule has 3 heteroatoms. The van der Waals surface area contributed by atoms with Crippen molar-refractivity contribution in [2.45, 2.75) is 43.0 Å². The third-order valence-electron chi connectivity index (χ3n) is 2.32. The van der Waals surface area contributed by atoms with E-state index in [-0.39, 0.29) is 11.9 Å². The molecule has 0 bridgehead atoms. The summed E-state index contributed by atoms with van der Waals surface area (Å²) in [6, 6.07) is 0. The molecule has 66 valence electrons. The Morgan fingerprint density at radius 3 is 2.83 bits per heavy atom. The van der Waals surface area contributed by atoms with E-state index >= 15 is 0 Å². The second-order valence-corrected chi connectivity index (χ2v) is 8.05. The standard InChI is InChI=1S/C7H13.C2H4O2.Hg/c1-7-5-3-2-4-6-7;1-2(3)4;/h7H,1-6H2;1H3,(H,3,4);/q;;+1/p-1/i7D;;. The maximum absolute atomic E-state index is 10.6. The van der Waals surface area contributed by atoms with E-state index in [9.17, 15) is 4.79 Å². The van der Waals surface area contributed by atoms with E-state index < -0.39 is 25.0 Å². The maximum atomic E-state index is 10.6. The van der Waals surface area contributed by atoms with Gasteiger partial charge in [0.05, 0.1) is 0 Å². The van der Waals surface area contributed by atoms with Crippen LogP contribution in [0.15, 0.2) is 0 Å². The summed E-state index contributed by atoms with van der Waals surface area (Å²) >= 11 is -1.49. The molecule has 0 aliphatic heterocycles. The molecule has 12 heavy (non-hydrogen) atoms. The summed E-state index contributed by atoms with van der Waals surface area (Å²) in [6.45, 7) is 1.47. The van der Waals surface area contributed by atoms with E-state index in [2.05, 4.69) is 0 Å². The van der Waals surface area contributed by atoms with Crippen molar-refractivity contribution in [3.63, 3.8) is 0 Å². The van der Waals surface area contributed by atoms with Crippen molar-refractivity contribution >= 4 is 5.97 Å². The molecule has 0 aromatic heterocycles. The van der Waals surface area contributed by atoms with Crippen molar-refractivity contribution in [1.29, 1.82) is 0 Å². The van der Waals surface area contributed by atoms with Gasteiger partial charge in [0.2, 0.25) is 0 Å². The minimum absolute atomic E-state index is 0.138. The van der Waals surface area contributed by atoms with E-state index in [0.29, 0.717) is 0 Å². The first-order valence-electron chi connectivity index (χ1n) is 5.26. The summed E-state index contributed by atoms with van der Waals surface area (Å²) in [5.41, 5.74) is 0. The second kappa shape index (κ2) is 5.95. The number of hydrogen-bond acceptors (Lipinski definition) is 2. The molecule has 0 saturated heterocycles. The molecule has 1 saturated carbocycles. The fraction of sp³-hybridized carbons (Fsp3) is 0.889. The van der Waals surface area contributed by atoms with Gasteiger partial charge in [-0.05, 0) is 0 Å². The summed E-state index contributed by atoms with van der Waals surface area (Å²) < 4.78 is 14.1. The molecule has 0 radical (unpaired) electrons. The predicted octanol–water partition coefficient (Wildman–Crippen LogP) is 2.55. The Bertz CT molecular complexity index is 178. The van der Waals surface area contributed by atoms with Gasteiger partial charge in [0.1, 0.15) is 0 Å². The fourth-order valence-corrected chi connectivity index (χ4v) is 6.22. The van der Waals surface area contributed by atoms with Crippen molar-refractivity contribution in [1.82, 2.24) is 0 Å². The van der Waals surface area contributed by atoms with Gasteiger partial charge in [-0.25, -0.2) is 0 Å². The first kappa shape index (κ1) is 8.98. The van der Waals surface area contributed by atoms with Crippen LogP contribution in [-0.2, 0) is 32.5 Å². The zero-order chi connectivity index (χ0) is 9.73. The molecule has 0 heterocycles. The first-order valence-corrected chi connectivity index (χ1v) is 10.9. The average Bonchev–Trinajstić information content (AvgIpc) is 2.04. The number of hydrogen-bond donors (Lipinski definition) is 0. The molecule has 0 unspecified atom stereocenters. The fourth-order valence-electron chi connectivity index (χ4n) is 1.64. The van der Waals surface area contributed by atoms with Gasteiger partial charge in [0, 0.05) is 0 Å². The van der Waals surface area contributed by atoms with Crippen molar-refractivity contribution < 1.29 is 33.8 Å². The first-order chi connectivity index (χ1) is 6.12. The van der Waals surface area contributed by atoms with E-state index in [1.807, 2.05) is 0 Å². The normalized spacial score (nSPS) is 22.2. The van der Waals surface area contributed by atoms with Crippen LogP contribution in [0.3, 0.4) is 0 Å². The number of carbonyl (C=O) groups excluding carboxylic acids is 1. The van der Waals surface area contributed by atoms with E-state index in [1.54, 1.807) is 0 Å². The molecule has 0 aromatic carbocycles. The van der Waals surface area contributed by atoms with Crippen molar-refractivity contribution in [2.75, 3.05) is 0 Å². The van der Waals surface area contributed by atoms with Crippen molar-refractivity contribution in [2.24, 2.45) is 5.89 Å². The Balaban J connectivity index is 2.21. The molecule has 1 rings (SSSR count). The Morgan fingerprint density at radius 1 is 1.58 bits per heavy atom. The number of rotatable bonds is 3. The topological polar surface area (TPSA) is 26.3 Å². The SMILES string of the molecule is [2H]C1([CH2][Hg][O]C(C)=O)CCCCC1. The zero-order valence-corrected chi connectivity index (χ0v) is 13.3. The molecule has 0 N–H and O–H groups in total. The summed E-state index contributed by atoms with van der Waals surface area (Å²) in [5, 5.41) is 0. The summed E-state index contributed by atoms with van der Waals surface area (Å²) in [7, 11) is 0. The molecule has 1 aliphatic rings. The van der Waals surface area contributed by atoms with Gasteiger partial charge in [-0.15, -0.1) is 0 Å². The van der Waals surface area contributed by atoms with Crippen LogP contribution in [0.2, 0.25) is 3.93 Å². The van der Waals surface area contributed by atoms with Gasteiger partial charge in [-0.3, -0.25) is 0 Å². The predicted molar refractivity (Wildman–Crippen MR) is 43.1 cm³/mol. The van der Waals surface area contributed by atoms with Crippen LogP contribution in [0.4, 0.5) is 0 Å². The van der Waals surface area contributed by atoms with Crippen molar-refractivity contribution in [3.05, 3.63) is 0 Å². The van der Waals surface area contributed by atoms with Gasteiger partial charge in [-0.1, -0.05) is 0 Å². The Kier molecular flexibility index (Phi) is 4.45. The van der Waals surface area contributed by atoms with Crippen LogP contribution in [0.25, 0.3) is 0 Å². The third-order valence-corrected chi connectivity index (χ3v) is 8.24. The van der Waals surface area contributed by atoms with Crippen LogP contribution in [0.1, 0.15) is 40.4 Å². The van der Waals surface area contributed by atoms with Crippen LogP contribution in [0, 0.1) is 5.89 Å². The minimum atomic E-state index is -1.49. The molecule has 0 spiro atoms. The Labute approximate surface area is 88.6 Å². The molecule has 0 aromatic rings. The van der Waals surface area contributed by atoms with Crippen molar-refractivity contribution in [3.8, 4) is 0 Å². The molecule has 0 atom stereocenters. The summed E-state index contributed by atoms with van der Waals surface area (Å²) in [4.78, 5) is 10.6.